The number of thiazole rings is 1. The Labute approximate surface area is 180 Å². The van der Waals surface area contributed by atoms with Gasteiger partial charge in [-0.2, -0.15) is 0 Å². The molecule has 0 fully saturated rings. The zero-order chi connectivity index (χ0) is 22.0. The molecule has 158 valence electrons. The van der Waals surface area contributed by atoms with Gasteiger partial charge in [-0.3, -0.25) is 9.78 Å². The normalized spacial score (nSPS) is 11.1. The molecule has 0 saturated heterocycles. The van der Waals surface area contributed by atoms with E-state index in [2.05, 4.69) is 9.97 Å². The summed E-state index contributed by atoms with van der Waals surface area (Å²) in [5.41, 5.74) is 2.89. The number of halogens is 3. The van der Waals surface area contributed by atoms with Gasteiger partial charge < -0.3 is 4.74 Å². The zero-order valence-electron chi connectivity index (χ0n) is 16.5. The predicted octanol–water partition coefficient (Wildman–Crippen LogP) is 5.01. The second-order valence-corrected chi connectivity index (χ2v) is 8.06. The van der Waals surface area contributed by atoms with Crippen molar-refractivity contribution in [1.29, 1.82) is 0 Å². The molecule has 8 heteroatoms. The first-order chi connectivity index (χ1) is 14.9. The van der Waals surface area contributed by atoms with Crippen LogP contribution in [0.3, 0.4) is 0 Å². The molecule has 0 saturated carbocycles. The van der Waals surface area contributed by atoms with Crippen molar-refractivity contribution < 1.29 is 22.7 Å². The second kappa shape index (κ2) is 8.85. The summed E-state index contributed by atoms with van der Waals surface area (Å²) in [4.78, 5) is 20.5. The molecule has 0 radical (unpaired) electrons. The summed E-state index contributed by atoms with van der Waals surface area (Å²) in [6, 6.07) is 12.1. The SMILES string of the molecule is COC(=O)Cc1cc(Cc2nc3c(F)c(F)cc(F)c3s2)cnc1Cc1ccccc1. The summed E-state index contributed by atoms with van der Waals surface area (Å²) in [6.07, 6.45) is 2.49. The molecular weight excluding hydrogens is 425 g/mol. The van der Waals surface area contributed by atoms with E-state index in [1.54, 1.807) is 6.20 Å². The highest BCUT2D eigenvalue weighted by Gasteiger charge is 2.18. The molecule has 0 spiro atoms. The third-order valence-corrected chi connectivity index (χ3v) is 5.87. The summed E-state index contributed by atoms with van der Waals surface area (Å²) in [5.74, 6) is -3.68. The Morgan fingerprint density at radius 2 is 1.81 bits per heavy atom. The van der Waals surface area contributed by atoms with Crippen molar-refractivity contribution in [3.8, 4) is 0 Å². The highest BCUT2D eigenvalue weighted by atomic mass is 32.1. The van der Waals surface area contributed by atoms with Gasteiger partial charge in [-0.25, -0.2) is 18.2 Å². The largest absolute Gasteiger partial charge is 0.469 e. The fraction of sp³-hybridized carbons (Fsp3) is 0.174. The molecule has 2 aromatic carbocycles. The first-order valence-corrected chi connectivity index (χ1v) is 10.3. The third-order valence-electron chi connectivity index (χ3n) is 4.81. The number of pyridine rings is 1. The van der Waals surface area contributed by atoms with Crippen LogP contribution in [0.2, 0.25) is 0 Å². The number of carbonyl (C=O) groups is 1. The lowest BCUT2D eigenvalue weighted by molar-refractivity contribution is -0.139. The Bertz CT molecular complexity index is 1260. The molecule has 0 bridgehead atoms. The van der Waals surface area contributed by atoms with Gasteiger partial charge in [-0.15, -0.1) is 11.3 Å². The predicted molar refractivity (Wildman–Crippen MR) is 112 cm³/mol. The maximum Gasteiger partial charge on any atom is 0.310 e. The molecule has 2 aromatic heterocycles. The molecule has 4 rings (SSSR count). The lowest BCUT2D eigenvalue weighted by Gasteiger charge is -2.10. The molecule has 2 heterocycles. The molecule has 4 nitrogen and oxygen atoms in total. The average molecular weight is 442 g/mol. The van der Waals surface area contributed by atoms with Gasteiger partial charge in [0.05, 0.1) is 23.2 Å². The molecule has 0 amide bonds. The first kappa shape index (κ1) is 21.0. The zero-order valence-corrected chi connectivity index (χ0v) is 17.3. The number of carbonyl (C=O) groups excluding carboxylic acids is 1. The molecule has 0 unspecified atom stereocenters. The Hall–Kier alpha value is -3.26. The van der Waals surface area contributed by atoms with Gasteiger partial charge >= 0.3 is 5.97 Å². The molecule has 31 heavy (non-hydrogen) atoms. The van der Waals surface area contributed by atoms with Crippen LogP contribution in [0, 0.1) is 17.5 Å². The van der Waals surface area contributed by atoms with Gasteiger partial charge in [0, 0.05) is 30.8 Å². The standard InChI is InChI=1S/C23H17F3N2O2S/c1-30-20(29)10-15-7-14(12-27-18(15)8-13-5-3-2-4-6-13)9-19-28-22-21(26)16(24)11-17(25)23(22)31-19/h2-7,11-12H,8-10H2,1H3. The summed E-state index contributed by atoms with van der Waals surface area (Å²) >= 11 is 0.961. The van der Waals surface area contributed by atoms with Crippen molar-refractivity contribution in [2.75, 3.05) is 7.11 Å². The van der Waals surface area contributed by atoms with Gasteiger partial charge in [-0.05, 0) is 16.7 Å². The van der Waals surface area contributed by atoms with E-state index >= 15 is 0 Å². The van der Waals surface area contributed by atoms with Crippen LogP contribution in [0.1, 0.15) is 27.4 Å². The minimum Gasteiger partial charge on any atom is -0.469 e. The van der Waals surface area contributed by atoms with Crippen LogP contribution >= 0.6 is 11.3 Å². The number of benzene rings is 2. The van der Waals surface area contributed by atoms with Crippen LogP contribution in [0.15, 0.2) is 48.7 Å². The number of nitrogens with zero attached hydrogens (tertiary/aromatic N) is 2. The van der Waals surface area contributed by atoms with E-state index in [-0.39, 0.29) is 23.1 Å². The van der Waals surface area contributed by atoms with Crippen molar-refractivity contribution in [2.24, 2.45) is 0 Å². The maximum absolute atomic E-state index is 14.0. The van der Waals surface area contributed by atoms with Crippen LogP contribution in [-0.2, 0) is 28.8 Å². The van der Waals surface area contributed by atoms with E-state index in [9.17, 15) is 18.0 Å². The molecule has 0 aliphatic rings. The summed E-state index contributed by atoms with van der Waals surface area (Å²) in [6.45, 7) is 0. The fourth-order valence-corrected chi connectivity index (χ4v) is 4.29. The van der Waals surface area contributed by atoms with Crippen LogP contribution in [-0.4, -0.2) is 23.0 Å². The number of ether oxygens (including phenoxy) is 1. The van der Waals surface area contributed by atoms with E-state index in [1.807, 2.05) is 36.4 Å². The summed E-state index contributed by atoms with van der Waals surface area (Å²) in [7, 11) is 1.32. The van der Waals surface area contributed by atoms with Crippen molar-refractivity contribution in [3.05, 3.63) is 93.5 Å². The number of hydrogen-bond acceptors (Lipinski definition) is 5. The molecule has 0 atom stereocenters. The van der Waals surface area contributed by atoms with Gasteiger partial charge in [0.25, 0.3) is 0 Å². The summed E-state index contributed by atoms with van der Waals surface area (Å²) < 4.78 is 46.2. The van der Waals surface area contributed by atoms with Crippen LogP contribution in [0.25, 0.3) is 10.2 Å². The van der Waals surface area contributed by atoms with Crippen molar-refractivity contribution in [3.63, 3.8) is 0 Å². The topological polar surface area (TPSA) is 52.1 Å². The Morgan fingerprint density at radius 1 is 1.03 bits per heavy atom. The van der Waals surface area contributed by atoms with Gasteiger partial charge in [0.15, 0.2) is 11.6 Å². The number of rotatable bonds is 6. The number of aromatic nitrogens is 2. The number of methoxy groups -OCH3 is 1. The first-order valence-electron chi connectivity index (χ1n) is 9.45. The molecule has 0 aliphatic carbocycles. The Morgan fingerprint density at radius 3 is 2.55 bits per heavy atom. The lowest BCUT2D eigenvalue weighted by atomic mass is 10.0. The van der Waals surface area contributed by atoms with Crippen LogP contribution in [0.4, 0.5) is 13.2 Å². The smallest absolute Gasteiger partial charge is 0.310 e. The van der Waals surface area contributed by atoms with E-state index in [1.165, 1.54) is 7.11 Å². The highest BCUT2D eigenvalue weighted by Crippen LogP contribution is 2.30. The minimum atomic E-state index is -1.27. The van der Waals surface area contributed by atoms with E-state index in [0.717, 1.165) is 28.2 Å². The minimum absolute atomic E-state index is 0.0302. The van der Waals surface area contributed by atoms with E-state index < -0.39 is 23.4 Å². The average Bonchev–Trinajstić information content (AvgIpc) is 3.19. The Kier molecular flexibility index (Phi) is 5.99. The monoisotopic (exact) mass is 442 g/mol. The van der Waals surface area contributed by atoms with Gasteiger partial charge in [0.2, 0.25) is 0 Å². The number of esters is 1. The molecular formula is C23H17F3N2O2S. The molecule has 0 aliphatic heterocycles. The van der Waals surface area contributed by atoms with Gasteiger partial charge in [-0.1, -0.05) is 36.4 Å². The van der Waals surface area contributed by atoms with Crippen LogP contribution < -0.4 is 0 Å². The quantitative estimate of drug-likeness (QED) is 0.311. The maximum atomic E-state index is 14.0. The van der Waals surface area contributed by atoms with Gasteiger partial charge in [0.1, 0.15) is 11.3 Å². The number of hydrogen-bond donors (Lipinski definition) is 0. The summed E-state index contributed by atoms with van der Waals surface area (Å²) in [5, 5.41) is 0.417. The number of fused-ring (bicyclic) bond motifs is 1. The van der Waals surface area contributed by atoms with E-state index in [4.69, 9.17) is 4.74 Å². The van der Waals surface area contributed by atoms with Crippen molar-refractivity contribution in [1.82, 2.24) is 9.97 Å². The second-order valence-electron chi connectivity index (χ2n) is 6.98. The lowest BCUT2D eigenvalue weighted by Crippen LogP contribution is -2.09. The molecule has 0 N–H and O–H groups in total. The van der Waals surface area contributed by atoms with Crippen LogP contribution in [0.5, 0.6) is 0 Å². The highest BCUT2D eigenvalue weighted by molar-refractivity contribution is 7.18. The van der Waals surface area contributed by atoms with E-state index in [0.29, 0.717) is 23.1 Å². The molecule has 4 aromatic rings. The fourth-order valence-electron chi connectivity index (χ4n) is 3.29. The third kappa shape index (κ3) is 4.59. The van der Waals surface area contributed by atoms with Crippen molar-refractivity contribution in [2.45, 2.75) is 19.3 Å². The van der Waals surface area contributed by atoms with Crippen molar-refractivity contribution >= 4 is 27.5 Å². The Balaban J connectivity index is 1.66.